The zero-order chi connectivity index (χ0) is 26.9. The first kappa shape index (κ1) is 25.1. The van der Waals surface area contributed by atoms with Crippen LogP contribution >= 0.6 is 23.4 Å². The molecular weight excluding hydrogens is 540 g/mol. The second kappa shape index (κ2) is 10.5. The number of carbonyl (C=O) groups excluding carboxylic acids is 2. The number of carbonyl (C=O) groups is 2. The lowest BCUT2D eigenvalue weighted by Crippen LogP contribution is -2.41. The predicted octanol–water partition coefficient (Wildman–Crippen LogP) is 3.93. The molecule has 3 aromatic heterocycles. The first-order chi connectivity index (χ1) is 19.0. The van der Waals surface area contributed by atoms with Gasteiger partial charge >= 0.3 is 0 Å². The van der Waals surface area contributed by atoms with Crippen LogP contribution in [0.4, 0.5) is 5.69 Å². The van der Waals surface area contributed by atoms with Crippen LogP contribution in [0.15, 0.2) is 86.3 Å². The molecule has 0 aliphatic carbocycles. The molecular formula is C27H21ClN6O4S. The summed E-state index contributed by atoms with van der Waals surface area (Å²) in [7, 11) is 0. The Kier molecular flexibility index (Phi) is 6.76. The standard InChI is InChI=1S/C27H21ClN6O4S/c28-16-7-9-22-30-17(12-24(36)33(22)14-16)15-39-27-32-20-6-2-1-5-19(20)25-31-21(26(37)34(25)27)8-10-23(35)29-13-18-4-3-11-38-18/h1-7,9,11-12,14,21H,8,10,13,15H2,(H,29,35)/t21-/m0/s1. The Balaban J connectivity index is 1.19. The summed E-state index contributed by atoms with van der Waals surface area (Å²) in [6.07, 6.45) is 3.46. The Morgan fingerprint density at radius 3 is 2.85 bits per heavy atom. The molecule has 0 fully saturated rings. The van der Waals surface area contributed by atoms with Gasteiger partial charge in [-0.15, -0.1) is 0 Å². The van der Waals surface area contributed by atoms with Crippen molar-refractivity contribution in [2.45, 2.75) is 31.2 Å². The van der Waals surface area contributed by atoms with Crippen LogP contribution in [0.2, 0.25) is 5.02 Å². The summed E-state index contributed by atoms with van der Waals surface area (Å²) in [5.41, 5.74) is 2.21. The predicted molar refractivity (Wildman–Crippen MR) is 148 cm³/mol. The van der Waals surface area contributed by atoms with E-state index in [1.54, 1.807) is 30.5 Å². The van der Waals surface area contributed by atoms with Gasteiger partial charge in [-0.3, -0.25) is 23.8 Å². The van der Waals surface area contributed by atoms with Gasteiger partial charge in [-0.05, 0) is 42.8 Å². The number of nitrogens with zero attached hydrogens (tertiary/aromatic N) is 5. The number of benzene rings is 1. The number of amides is 2. The number of furan rings is 1. The summed E-state index contributed by atoms with van der Waals surface area (Å²) in [4.78, 5) is 53.9. The molecule has 2 aliphatic rings. The largest absolute Gasteiger partial charge is 0.467 e. The van der Waals surface area contributed by atoms with Gasteiger partial charge in [0.1, 0.15) is 23.3 Å². The van der Waals surface area contributed by atoms with E-state index in [1.807, 2.05) is 24.3 Å². The third-order valence-electron chi connectivity index (χ3n) is 6.26. The number of thioether (sulfide) groups is 1. The summed E-state index contributed by atoms with van der Waals surface area (Å²) in [5.74, 6) is 1.04. The molecule has 0 radical (unpaired) electrons. The highest BCUT2D eigenvalue weighted by atomic mass is 35.5. The highest BCUT2D eigenvalue weighted by Gasteiger charge is 2.41. The van der Waals surface area contributed by atoms with Gasteiger partial charge in [-0.25, -0.2) is 14.9 Å². The van der Waals surface area contributed by atoms with Crippen LogP contribution in [0.25, 0.3) is 5.65 Å². The van der Waals surface area contributed by atoms with Crippen LogP contribution in [0.5, 0.6) is 0 Å². The molecule has 39 heavy (non-hydrogen) atoms. The van der Waals surface area contributed by atoms with E-state index in [0.717, 1.165) is 5.56 Å². The molecule has 0 bridgehead atoms. The number of halogens is 1. The average Bonchev–Trinajstić information content (AvgIpc) is 3.58. The fourth-order valence-corrected chi connectivity index (χ4v) is 5.43. The van der Waals surface area contributed by atoms with E-state index < -0.39 is 6.04 Å². The molecule has 10 nitrogen and oxygen atoms in total. The van der Waals surface area contributed by atoms with Crippen molar-refractivity contribution >= 4 is 57.5 Å². The molecule has 5 heterocycles. The maximum Gasteiger partial charge on any atom is 0.259 e. The second-order valence-electron chi connectivity index (χ2n) is 8.90. The van der Waals surface area contributed by atoms with E-state index in [2.05, 4.69) is 10.3 Å². The first-order valence-electron chi connectivity index (χ1n) is 12.2. The van der Waals surface area contributed by atoms with Crippen molar-refractivity contribution in [1.82, 2.24) is 19.6 Å². The van der Waals surface area contributed by atoms with Crippen molar-refractivity contribution in [3.8, 4) is 0 Å². The Morgan fingerprint density at radius 2 is 2.00 bits per heavy atom. The minimum atomic E-state index is -0.709. The third-order valence-corrected chi connectivity index (χ3v) is 7.45. The molecule has 1 atom stereocenters. The number of fused-ring (bicyclic) bond motifs is 4. The molecule has 1 aromatic carbocycles. The van der Waals surface area contributed by atoms with Gasteiger partial charge in [0, 0.05) is 30.0 Å². The maximum absolute atomic E-state index is 13.5. The molecule has 12 heteroatoms. The third kappa shape index (κ3) is 5.10. The van der Waals surface area contributed by atoms with Crippen LogP contribution in [0, 0.1) is 0 Å². The van der Waals surface area contributed by atoms with E-state index in [-0.39, 0.29) is 36.8 Å². The van der Waals surface area contributed by atoms with E-state index in [9.17, 15) is 14.4 Å². The molecule has 0 saturated heterocycles. The van der Waals surface area contributed by atoms with Gasteiger partial charge in [-0.2, -0.15) is 0 Å². The summed E-state index contributed by atoms with van der Waals surface area (Å²) < 4.78 is 6.62. The van der Waals surface area contributed by atoms with E-state index in [4.69, 9.17) is 26.0 Å². The highest BCUT2D eigenvalue weighted by molar-refractivity contribution is 8.13. The Labute approximate surface area is 231 Å². The van der Waals surface area contributed by atoms with E-state index in [1.165, 1.54) is 33.3 Å². The minimum absolute atomic E-state index is 0.137. The SMILES string of the molecule is O=C(CC[C@@H]1N=C2c3ccccc3N=C(SCc3cc(=O)n4cc(Cl)ccc4n3)N2C1=O)NCc1ccco1. The topological polar surface area (TPSA) is 122 Å². The van der Waals surface area contributed by atoms with Crippen molar-refractivity contribution in [2.24, 2.45) is 9.98 Å². The van der Waals surface area contributed by atoms with Crippen LogP contribution in [-0.2, 0) is 21.9 Å². The van der Waals surface area contributed by atoms with Gasteiger partial charge in [0.2, 0.25) is 5.91 Å². The first-order valence-corrected chi connectivity index (χ1v) is 13.5. The molecule has 2 aliphatic heterocycles. The van der Waals surface area contributed by atoms with E-state index >= 15 is 0 Å². The lowest BCUT2D eigenvalue weighted by atomic mass is 10.1. The molecule has 6 rings (SSSR count). The minimum Gasteiger partial charge on any atom is -0.467 e. The quantitative estimate of drug-likeness (QED) is 0.365. The normalized spacial score (nSPS) is 16.1. The van der Waals surface area contributed by atoms with Crippen molar-refractivity contribution < 1.29 is 14.0 Å². The van der Waals surface area contributed by atoms with Crippen molar-refractivity contribution in [1.29, 1.82) is 0 Å². The Bertz CT molecular complexity index is 1720. The van der Waals surface area contributed by atoms with Gasteiger partial charge in [-0.1, -0.05) is 35.5 Å². The number of aromatic nitrogens is 2. The average molecular weight is 561 g/mol. The molecule has 196 valence electrons. The zero-order valence-corrected chi connectivity index (χ0v) is 22.0. The number of rotatable bonds is 7. The number of hydrogen-bond acceptors (Lipinski definition) is 8. The smallest absolute Gasteiger partial charge is 0.259 e. The fraction of sp³-hybridized carbons (Fsp3) is 0.185. The number of pyridine rings is 1. The molecule has 1 N–H and O–H groups in total. The summed E-state index contributed by atoms with van der Waals surface area (Å²) in [6.45, 7) is 0.283. The fourth-order valence-electron chi connectivity index (χ4n) is 4.38. The summed E-state index contributed by atoms with van der Waals surface area (Å²) >= 11 is 7.30. The van der Waals surface area contributed by atoms with Crippen molar-refractivity contribution in [3.63, 3.8) is 0 Å². The van der Waals surface area contributed by atoms with Gasteiger partial charge in [0.05, 0.1) is 29.2 Å². The number of amidine groups is 2. The van der Waals surface area contributed by atoms with Crippen LogP contribution < -0.4 is 10.9 Å². The van der Waals surface area contributed by atoms with Gasteiger partial charge in [0.15, 0.2) is 5.17 Å². The lowest BCUT2D eigenvalue weighted by Gasteiger charge is -2.25. The van der Waals surface area contributed by atoms with Crippen LogP contribution in [0.1, 0.15) is 29.9 Å². The van der Waals surface area contributed by atoms with Crippen LogP contribution in [0.3, 0.4) is 0 Å². The van der Waals surface area contributed by atoms with Crippen molar-refractivity contribution in [3.05, 3.63) is 99.5 Å². The monoisotopic (exact) mass is 560 g/mol. The Morgan fingerprint density at radius 1 is 1.13 bits per heavy atom. The van der Waals surface area contributed by atoms with Gasteiger partial charge in [0.25, 0.3) is 11.5 Å². The number of aliphatic imine (C=N–C) groups is 2. The summed E-state index contributed by atoms with van der Waals surface area (Å²) in [5, 5.41) is 3.68. The Hall–Kier alpha value is -4.22. The summed E-state index contributed by atoms with van der Waals surface area (Å²) in [6, 6.07) is 15.1. The number of nitrogens with one attached hydrogen (secondary N) is 1. The highest BCUT2D eigenvalue weighted by Crippen LogP contribution is 2.35. The molecule has 0 saturated carbocycles. The van der Waals surface area contributed by atoms with Crippen LogP contribution in [-0.4, -0.2) is 43.1 Å². The van der Waals surface area contributed by atoms with E-state index in [0.29, 0.717) is 44.6 Å². The number of hydrogen-bond donors (Lipinski definition) is 1. The molecule has 4 aromatic rings. The maximum atomic E-state index is 13.5. The molecule has 0 spiro atoms. The lowest BCUT2D eigenvalue weighted by molar-refractivity contribution is -0.125. The zero-order valence-electron chi connectivity index (χ0n) is 20.4. The number of para-hydroxylation sites is 1. The molecule has 0 unspecified atom stereocenters. The van der Waals surface area contributed by atoms with Crippen molar-refractivity contribution in [2.75, 3.05) is 0 Å². The van der Waals surface area contributed by atoms with Gasteiger partial charge < -0.3 is 9.73 Å². The molecule has 2 amide bonds. The second-order valence-corrected chi connectivity index (χ2v) is 10.3.